The molecule has 130 valence electrons. The second kappa shape index (κ2) is 9.08. The summed E-state index contributed by atoms with van der Waals surface area (Å²) in [6.07, 6.45) is 0.469. The highest BCUT2D eigenvalue weighted by molar-refractivity contribution is 7.99. The van der Waals surface area contributed by atoms with Crippen LogP contribution in [0.5, 0.6) is 0 Å². The van der Waals surface area contributed by atoms with Crippen LogP contribution in [0, 0.1) is 5.41 Å². The van der Waals surface area contributed by atoms with Gasteiger partial charge < -0.3 is 15.3 Å². The topological polar surface area (TPSA) is 52.6 Å². The molecule has 0 aromatic heterocycles. The minimum atomic E-state index is -2.55. The van der Waals surface area contributed by atoms with Gasteiger partial charge in [0.2, 0.25) is 0 Å². The minimum Gasteiger partial charge on any atom is -0.396 e. The van der Waals surface area contributed by atoms with E-state index in [-0.39, 0.29) is 18.1 Å². The number of anilines is 1. The van der Waals surface area contributed by atoms with E-state index >= 15 is 0 Å². The number of alkyl halides is 2. The molecule has 0 fully saturated rings. The first-order valence-electron chi connectivity index (χ1n) is 7.43. The van der Waals surface area contributed by atoms with Crippen LogP contribution < -0.4 is 5.32 Å². The van der Waals surface area contributed by atoms with Gasteiger partial charge in [-0.2, -0.15) is 8.78 Å². The van der Waals surface area contributed by atoms with Gasteiger partial charge in [-0.3, -0.25) is 0 Å². The SMILES string of the molecule is CC(C)(C)CN(CCCO)C(=O)Nc1ccccc1SC(F)F. The van der Waals surface area contributed by atoms with Gasteiger partial charge in [0, 0.05) is 24.6 Å². The van der Waals surface area contributed by atoms with Gasteiger partial charge in [0.05, 0.1) is 5.69 Å². The van der Waals surface area contributed by atoms with E-state index in [1.807, 2.05) is 20.8 Å². The molecule has 1 aromatic rings. The molecule has 0 saturated carbocycles. The van der Waals surface area contributed by atoms with Crippen LogP contribution in [0.1, 0.15) is 27.2 Å². The number of urea groups is 1. The van der Waals surface area contributed by atoms with Crippen molar-refractivity contribution >= 4 is 23.5 Å². The maximum atomic E-state index is 12.6. The normalized spacial score (nSPS) is 11.6. The van der Waals surface area contributed by atoms with Crippen molar-refractivity contribution in [1.82, 2.24) is 4.90 Å². The first kappa shape index (κ1) is 19.7. The number of thioether (sulfide) groups is 1. The number of halogens is 2. The summed E-state index contributed by atoms with van der Waals surface area (Å²) in [7, 11) is 0. The van der Waals surface area contributed by atoms with E-state index in [0.29, 0.717) is 41.9 Å². The van der Waals surface area contributed by atoms with Crippen LogP contribution in [0.2, 0.25) is 0 Å². The van der Waals surface area contributed by atoms with E-state index in [9.17, 15) is 13.6 Å². The summed E-state index contributed by atoms with van der Waals surface area (Å²) in [5, 5.41) is 11.7. The zero-order valence-corrected chi connectivity index (χ0v) is 14.5. The van der Waals surface area contributed by atoms with Crippen LogP contribution in [0.15, 0.2) is 29.2 Å². The maximum Gasteiger partial charge on any atom is 0.321 e. The quantitative estimate of drug-likeness (QED) is 0.725. The second-order valence-electron chi connectivity index (χ2n) is 6.36. The monoisotopic (exact) mass is 346 g/mol. The molecular formula is C16H24F2N2O2S. The Kier molecular flexibility index (Phi) is 7.78. The summed E-state index contributed by atoms with van der Waals surface area (Å²) < 4.78 is 25.2. The fraction of sp³-hybridized carbons (Fsp3) is 0.562. The van der Waals surface area contributed by atoms with Crippen LogP contribution in [-0.4, -0.2) is 41.5 Å². The molecule has 4 nitrogen and oxygen atoms in total. The van der Waals surface area contributed by atoms with Gasteiger partial charge in [0.15, 0.2) is 0 Å². The second-order valence-corrected chi connectivity index (χ2v) is 7.40. The van der Waals surface area contributed by atoms with E-state index in [2.05, 4.69) is 5.32 Å². The number of nitrogens with one attached hydrogen (secondary N) is 1. The summed E-state index contributed by atoms with van der Waals surface area (Å²) in [5.41, 5.74) is 0.259. The average Bonchev–Trinajstić information content (AvgIpc) is 2.43. The van der Waals surface area contributed by atoms with Crippen LogP contribution in [0.3, 0.4) is 0 Å². The summed E-state index contributed by atoms with van der Waals surface area (Å²) >= 11 is 0.403. The van der Waals surface area contributed by atoms with E-state index in [1.54, 1.807) is 29.2 Å². The molecule has 1 aromatic carbocycles. The number of amides is 2. The number of hydrogen-bond donors (Lipinski definition) is 2. The molecule has 0 heterocycles. The number of benzene rings is 1. The van der Waals surface area contributed by atoms with Gasteiger partial charge in [-0.1, -0.05) is 44.7 Å². The summed E-state index contributed by atoms with van der Waals surface area (Å²) in [6.45, 7) is 6.92. The predicted molar refractivity (Wildman–Crippen MR) is 90.1 cm³/mol. The lowest BCUT2D eigenvalue weighted by Crippen LogP contribution is -2.41. The maximum absolute atomic E-state index is 12.6. The van der Waals surface area contributed by atoms with Crippen LogP contribution in [0.4, 0.5) is 19.3 Å². The van der Waals surface area contributed by atoms with E-state index in [0.717, 1.165) is 0 Å². The molecule has 0 aliphatic rings. The molecule has 1 rings (SSSR count). The Morgan fingerprint density at radius 3 is 2.57 bits per heavy atom. The minimum absolute atomic E-state index is 0.00819. The van der Waals surface area contributed by atoms with Gasteiger partial charge in [-0.15, -0.1) is 0 Å². The number of para-hydroxylation sites is 1. The van der Waals surface area contributed by atoms with Crippen molar-refractivity contribution in [1.29, 1.82) is 0 Å². The van der Waals surface area contributed by atoms with Crippen molar-refractivity contribution in [3.63, 3.8) is 0 Å². The molecule has 0 radical (unpaired) electrons. The van der Waals surface area contributed by atoms with Gasteiger partial charge in [0.25, 0.3) is 5.76 Å². The predicted octanol–water partition coefficient (Wildman–Crippen LogP) is 4.26. The molecule has 0 aliphatic heterocycles. The van der Waals surface area contributed by atoms with E-state index in [4.69, 9.17) is 5.11 Å². The number of aliphatic hydroxyl groups excluding tert-OH is 1. The Hall–Kier alpha value is -1.34. The van der Waals surface area contributed by atoms with Gasteiger partial charge >= 0.3 is 6.03 Å². The molecule has 0 bridgehead atoms. The first-order chi connectivity index (χ1) is 10.7. The highest BCUT2D eigenvalue weighted by atomic mass is 32.2. The number of hydrogen-bond acceptors (Lipinski definition) is 3. The highest BCUT2D eigenvalue weighted by Gasteiger charge is 2.21. The first-order valence-corrected chi connectivity index (χ1v) is 8.31. The van der Waals surface area contributed by atoms with Gasteiger partial charge in [0.1, 0.15) is 0 Å². The summed E-state index contributed by atoms with van der Waals surface area (Å²) in [5.74, 6) is -2.55. The fourth-order valence-electron chi connectivity index (χ4n) is 2.05. The molecular weight excluding hydrogens is 322 g/mol. The Labute approximate surface area is 140 Å². The van der Waals surface area contributed by atoms with Crippen molar-refractivity contribution in [2.75, 3.05) is 25.0 Å². The van der Waals surface area contributed by atoms with E-state index in [1.165, 1.54) is 0 Å². The zero-order valence-electron chi connectivity index (χ0n) is 13.7. The smallest absolute Gasteiger partial charge is 0.321 e. The number of aliphatic hydroxyl groups is 1. The third kappa shape index (κ3) is 7.65. The lowest BCUT2D eigenvalue weighted by molar-refractivity contribution is 0.176. The summed E-state index contributed by atoms with van der Waals surface area (Å²) in [6, 6.07) is 6.14. The van der Waals surface area contributed by atoms with Crippen LogP contribution >= 0.6 is 11.8 Å². The molecule has 23 heavy (non-hydrogen) atoms. The lowest BCUT2D eigenvalue weighted by Gasteiger charge is -2.30. The average molecular weight is 346 g/mol. The van der Waals surface area contributed by atoms with Gasteiger partial charge in [-0.05, 0) is 24.0 Å². The molecule has 2 amide bonds. The number of carbonyl (C=O) groups is 1. The van der Waals surface area contributed by atoms with Crippen molar-refractivity contribution in [2.45, 2.75) is 37.8 Å². The Balaban J connectivity index is 2.85. The van der Waals surface area contributed by atoms with Crippen molar-refractivity contribution in [2.24, 2.45) is 5.41 Å². The molecule has 0 aliphatic carbocycles. The van der Waals surface area contributed by atoms with E-state index < -0.39 is 5.76 Å². The Morgan fingerprint density at radius 1 is 1.35 bits per heavy atom. The molecule has 0 atom stereocenters. The Morgan fingerprint density at radius 2 is 2.00 bits per heavy atom. The van der Waals surface area contributed by atoms with Gasteiger partial charge in [-0.25, -0.2) is 4.79 Å². The van der Waals surface area contributed by atoms with Crippen LogP contribution in [-0.2, 0) is 0 Å². The molecule has 0 spiro atoms. The molecule has 0 unspecified atom stereocenters. The molecule has 0 saturated heterocycles. The number of carbonyl (C=O) groups excluding carboxylic acids is 1. The molecule has 2 N–H and O–H groups in total. The Bertz CT molecular complexity index is 507. The van der Waals surface area contributed by atoms with Crippen molar-refractivity contribution < 1.29 is 18.7 Å². The standard InChI is InChI=1S/C16H24F2N2O2S/c1-16(2,3)11-20(9-6-10-21)15(22)19-12-7-4-5-8-13(12)23-14(17)18/h4-5,7-8,14,21H,6,9-11H2,1-3H3,(H,19,22). The van der Waals surface area contributed by atoms with Crippen LogP contribution in [0.25, 0.3) is 0 Å². The summed E-state index contributed by atoms with van der Waals surface area (Å²) in [4.78, 5) is 14.4. The molecule has 7 heteroatoms. The number of nitrogens with zero attached hydrogens (tertiary/aromatic N) is 1. The highest BCUT2D eigenvalue weighted by Crippen LogP contribution is 2.31. The largest absolute Gasteiger partial charge is 0.396 e. The van der Waals surface area contributed by atoms with Crippen molar-refractivity contribution in [3.8, 4) is 0 Å². The zero-order chi connectivity index (χ0) is 17.5. The lowest BCUT2D eigenvalue weighted by atomic mass is 9.96. The third-order valence-electron chi connectivity index (χ3n) is 2.88. The fourth-order valence-corrected chi connectivity index (χ4v) is 2.64. The number of rotatable bonds is 7. The van der Waals surface area contributed by atoms with Crippen molar-refractivity contribution in [3.05, 3.63) is 24.3 Å². The third-order valence-corrected chi connectivity index (χ3v) is 3.67.